The van der Waals surface area contributed by atoms with E-state index in [1.54, 1.807) is 51.2 Å². The Bertz CT molecular complexity index is 1570. The number of amides is 1. The standard InChI is InChI=1S/C27H24FN5O2/c1-16-8-9-18(32-25(34)19-6-5-7-21(24(19)28)27(2,3)14-29)13-23(16)31-17-10-11-22-20(12-17)26(35)33(4)15-30-22/h5-13,15,31H,1-4H3,(H,32,34). The highest BCUT2D eigenvalue weighted by Gasteiger charge is 2.27. The molecule has 7 nitrogen and oxygen atoms in total. The summed E-state index contributed by atoms with van der Waals surface area (Å²) in [5.74, 6) is -1.33. The summed E-state index contributed by atoms with van der Waals surface area (Å²) in [6.45, 7) is 5.11. The zero-order chi connectivity index (χ0) is 25.3. The van der Waals surface area contributed by atoms with Crippen LogP contribution in [-0.2, 0) is 12.5 Å². The molecule has 0 fully saturated rings. The lowest BCUT2D eigenvalue weighted by atomic mass is 9.85. The molecule has 0 unspecified atom stereocenters. The van der Waals surface area contributed by atoms with Crippen molar-refractivity contribution in [2.45, 2.75) is 26.2 Å². The van der Waals surface area contributed by atoms with Gasteiger partial charge in [-0.15, -0.1) is 0 Å². The molecule has 1 amide bonds. The molecular formula is C27H24FN5O2. The minimum Gasteiger partial charge on any atom is -0.355 e. The van der Waals surface area contributed by atoms with Crippen LogP contribution in [-0.4, -0.2) is 15.5 Å². The van der Waals surface area contributed by atoms with Crippen molar-refractivity contribution < 1.29 is 9.18 Å². The molecular weight excluding hydrogens is 445 g/mol. The largest absolute Gasteiger partial charge is 0.355 e. The first-order valence-corrected chi connectivity index (χ1v) is 11.0. The molecule has 0 radical (unpaired) electrons. The molecule has 4 aromatic rings. The van der Waals surface area contributed by atoms with E-state index in [1.807, 2.05) is 19.1 Å². The molecule has 0 atom stereocenters. The van der Waals surface area contributed by atoms with Gasteiger partial charge in [0.25, 0.3) is 11.5 Å². The summed E-state index contributed by atoms with van der Waals surface area (Å²) >= 11 is 0. The summed E-state index contributed by atoms with van der Waals surface area (Å²) in [5.41, 5.74) is 2.17. The number of benzene rings is 3. The number of carbonyl (C=O) groups excluding carboxylic acids is 1. The van der Waals surface area contributed by atoms with E-state index in [0.29, 0.717) is 28.0 Å². The second-order valence-corrected chi connectivity index (χ2v) is 8.91. The normalized spacial score (nSPS) is 11.2. The van der Waals surface area contributed by atoms with Crippen molar-refractivity contribution in [2.75, 3.05) is 10.6 Å². The van der Waals surface area contributed by atoms with E-state index in [2.05, 4.69) is 21.7 Å². The maximum absolute atomic E-state index is 15.1. The number of aromatic nitrogens is 2. The molecule has 1 aromatic heterocycles. The van der Waals surface area contributed by atoms with Crippen molar-refractivity contribution in [1.82, 2.24) is 9.55 Å². The third-order valence-electron chi connectivity index (χ3n) is 5.89. The molecule has 35 heavy (non-hydrogen) atoms. The average molecular weight is 470 g/mol. The van der Waals surface area contributed by atoms with E-state index in [1.165, 1.54) is 23.0 Å². The Labute approximate surface area is 201 Å². The number of rotatable bonds is 5. The molecule has 0 saturated heterocycles. The van der Waals surface area contributed by atoms with Crippen LogP contribution in [0.2, 0.25) is 0 Å². The van der Waals surface area contributed by atoms with Crippen LogP contribution >= 0.6 is 0 Å². The summed E-state index contributed by atoms with van der Waals surface area (Å²) < 4.78 is 16.5. The quantitative estimate of drug-likeness (QED) is 0.420. The van der Waals surface area contributed by atoms with Gasteiger partial charge in [-0.1, -0.05) is 18.2 Å². The summed E-state index contributed by atoms with van der Waals surface area (Å²) in [7, 11) is 1.64. The number of nitrogens with zero attached hydrogens (tertiary/aromatic N) is 3. The van der Waals surface area contributed by atoms with E-state index in [4.69, 9.17) is 0 Å². The van der Waals surface area contributed by atoms with Crippen molar-refractivity contribution in [3.05, 3.63) is 93.8 Å². The van der Waals surface area contributed by atoms with Gasteiger partial charge in [0, 0.05) is 29.7 Å². The number of carbonyl (C=O) groups is 1. The number of nitrogens with one attached hydrogen (secondary N) is 2. The number of hydrogen-bond donors (Lipinski definition) is 2. The summed E-state index contributed by atoms with van der Waals surface area (Å²) in [6.07, 6.45) is 1.48. The molecule has 176 valence electrons. The Morgan fingerprint density at radius 3 is 2.60 bits per heavy atom. The van der Waals surface area contributed by atoms with Crippen LogP contribution in [0, 0.1) is 24.1 Å². The number of halogens is 1. The minimum absolute atomic E-state index is 0.140. The van der Waals surface area contributed by atoms with E-state index in [9.17, 15) is 14.9 Å². The third-order valence-corrected chi connectivity index (χ3v) is 5.89. The summed E-state index contributed by atoms with van der Waals surface area (Å²) in [6, 6.07) is 17.1. The van der Waals surface area contributed by atoms with Crippen LogP contribution in [0.1, 0.15) is 35.3 Å². The lowest BCUT2D eigenvalue weighted by Crippen LogP contribution is -2.20. The first-order chi connectivity index (χ1) is 16.6. The van der Waals surface area contributed by atoms with Crippen molar-refractivity contribution in [2.24, 2.45) is 7.05 Å². The SMILES string of the molecule is Cc1ccc(NC(=O)c2cccc(C(C)(C)C#N)c2F)cc1Nc1ccc2ncn(C)c(=O)c2c1. The van der Waals surface area contributed by atoms with Gasteiger partial charge in [0.15, 0.2) is 0 Å². The Balaban J connectivity index is 1.61. The lowest BCUT2D eigenvalue weighted by molar-refractivity contribution is 0.102. The first kappa shape index (κ1) is 23.6. The molecule has 0 bridgehead atoms. The Hall–Kier alpha value is -4.51. The van der Waals surface area contributed by atoms with Crippen LogP contribution in [0.25, 0.3) is 10.9 Å². The highest BCUT2D eigenvalue weighted by molar-refractivity contribution is 6.05. The van der Waals surface area contributed by atoms with Gasteiger partial charge in [0.2, 0.25) is 0 Å². The summed E-state index contributed by atoms with van der Waals surface area (Å²) in [5, 5.41) is 15.8. The smallest absolute Gasteiger partial charge is 0.260 e. The Morgan fingerprint density at radius 1 is 1.11 bits per heavy atom. The third kappa shape index (κ3) is 4.62. The second-order valence-electron chi connectivity index (χ2n) is 8.91. The van der Waals surface area contributed by atoms with Crippen molar-refractivity contribution in [1.29, 1.82) is 5.26 Å². The molecule has 4 rings (SSSR count). The molecule has 0 aliphatic carbocycles. The van der Waals surface area contributed by atoms with Gasteiger partial charge in [0.05, 0.1) is 34.3 Å². The number of hydrogen-bond acceptors (Lipinski definition) is 5. The number of aryl methyl sites for hydroxylation is 2. The molecule has 3 aromatic carbocycles. The maximum atomic E-state index is 15.1. The molecule has 8 heteroatoms. The van der Waals surface area contributed by atoms with Gasteiger partial charge in [-0.3, -0.25) is 9.59 Å². The van der Waals surface area contributed by atoms with Crippen molar-refractivity contribution in [3.8, 4) is 6.07 Å². The minimum atomic E-state index is -1.07. The van der Waals surface area contributed by atoms with Crippen LogP contribution in [0.3, 0.4) is 0 Å². The zero-order valence-corrected chi connectivity index (χ0v) is 19.8. The fourth-order valence-corrected chi connectivity index (χ4v) is 3.73. The molecule has 0 saturated carbocycles. The van der Waals surface area contributed by atoms with E-state index >= 15 is 4.39 Å². The number of fused-ring (bicyclic) bond motifs is 1. The molecule has 1 heterocycles. The van der Waals surface area contributed by atoms with E-state index < -0.39 is 17.1 Å². The predicted molar refractivity (Wildman–Crippen MR) is 134 cm³/mol. The molecule has 0 spiro atoms. The van der Waals surface area contributed by atoms with Gasteiger partial charge >= 0.3 is 0 Å². The second kappa shape index (κ2) is 9.03. The van der Waals surface area contributed by atoms with Crippen LogP contribution in [0.4, 0.5) is 21.5 Å². The van der Waals surface area contributed by atoms with Gasteiger partial charge in [-0.05, 0) is 62.7 Å². The predicted octanol–water partition coefficient (Wildman–Crippen LogP) is 5.18. The van der Waals surface area contributed by atoms with Gasteiger partial charge in [-0.25, -0.2) is 9.37 Å². The zero-order valence-electron chi connectivity index (χ0n) is 19.8. The molecule has 0 aliphatic heterocycles. The van der Waals surface area contributed by atoms with E-state index in [-0.39, 0.29) is 16.7 Å². The van der Waals surface area contributed by atoms with Crippen LogP contribution in [0.15, 0.2) is 65.7 Å². The van der Waals surface area contributed by atoms with E-state index in [0.717, 1.165) is 5.56 Å². The molecule has 0 aliphatic rings. The monoisotopic (exact) mass is 469 g/mol. The Kier molecular flexibility index (Phi) is 6.10. The highest BCUT2D eigenvalue weighted by atomic mass is 19.1. The van der Waals surface area contributed by atoms with Crippen LogP contribution < -0.4 is 16.2 Å². The summed E-state index contributed by atoms with van der Waals surface area (Å²) in [4.78, 5) is 29.6. The van der Waals surface area contributed by atoms with Crippen molar-refractivity contribution in [3.63, 3.8) is 0 Å². The fourth-order valence-electron chi connectivity index (χ4n) is 3.73. The van der Waals surface area contributed by atoms with Gasteiger partial charge in [0.1, 0.15) is 5.82 Å². The van der Waals surface area contributed by atoms with Crippen LogP contribution in [0.5, 0.6) is 0 Å². The lowest BCUT2D eigenvalue weighted by Gasteiger charge is -2.18. The first-order valence-electron chi connectivity index (χ1n) is 11.0. The maximum Gasteiger partial charge on any atom is 0.260 e. The number of nitriles is 1. The van der Waals surface area contributed by atoms with Crippen molar-refractivity contribution >= 4 is 33.9 Å². The number of anilines is 3. The Morgan fingerprint density at radius 2 is 1.86 bits per heavy atom. The molecule has 2 N–H and O–H groups in total. The fraction of sp³-hybridized carbons (Fsp3) is 0.185. The average Bonchev–Trinajstić information content (AvgIpc) is 2.83. The van der Waals surface area contributed by atoms with Gasteiger partial charge < -0.3 is 15.2 Å². The highest BCUT2D eigenvalue weighted by Crippen LogP contribution is 2.29. The van der Waals surface area contributed by atoms with Gasteiger partial charge in [-0.2, -0.15) is 5.26 Å². The topological polar surface area (TPSA) is 99.8 Å².